The fraction of sp³-hybridized carbons (Fsp3) is 0.867. The lowest BCUT2D eigenvalue weighted by molar-refractivity contribution is 0.322. The Bertz CT molecular complexity index is 346. The normalized spacial score (nSPS) is 25.5. The Kier molecular flexibility index (Phi) is 6.30. The highest BCUT2D eigenvalue weighted by Gasteiger charge is 2.24. The lowest BCUT2D eigenvalue weighted by Gasteiger charge is -2.10. The summed E-state index contributed by atoms with van der Waals surface area (Å²) in [6.45, 7) is 1.08. The van der Waals surface area contributed by atoms with Gasteiger partial charge in [-0.05, 0) is 32.2 Å². The van der Waals surface area contributed by atoms with Crippen molar-refractivity contribution in [2.24, 2.45) is 0 Å². The van der Waals surface area contributed by atoms with Crippen molar-refractivity contribution in [3.63, 3.8) is 0 Å². The van der Waals surface area contributed by atoms with Crippen LogP contribution in [0.1, 0.15) is 87.9 Å². The minimum atomic E-state index is 0. The number of aromatic nitrogens is 2. The van der Waals surface area contributed by atoms with Gasteiger partial charge < -0.3 is 9.84 Å². The van der Waals surface area contributed by atoms with Gasteiger partial charge in [0.05, 0.1) is 6.04 Å². The van der Waals surface area contributed by atoms with Crippen molar-refractivity contribution in [2.75, 3.05) is 6.54 Å². The Morgan fingerprint density at radius 3 is 2.40 bits per heavy atom. The van der Waals surface area contributed by atoms with Crippen LogP contribution in [0.2, 0.25) is 0 Å². The lowest BCUT2D eigenvalue weighted by Crippen LogP contribution is -2.20. The average Bonchev–Trinajstić information content (AvgIpc) is 2.67. The van der Waals surface area contributed by atoms with Crippen LogP contribution in [0.5, 0.6) is 0 Å². The second-order valence-electron chi connectivity index (χ2n) is 6.04. The molecular weight excluding hydrogens is 274 g/mol. The maximum absolute atomic E-state index is 5.53. The monoisotopic (exact) mass is 299 g/mol. The molecule has 2 heterocycles. The summed E-state index contributed by atoms with van der Waals surface area (Å²) >= 11 is 0. The maximum atomic E-state index is 5.53. The summed E-state index contributed by atoms with van der Waals surface area (Å²) in [6.07, 6.45) is 12.8. The Labute approximate surface area is 127 Å². The van der Waals surface area contributed by atoms with Crippen molar-refractivity contribution >= 4 is 12.4 Å². The van der Waals surface area contributed by atoms with Crippen LogP contribution in [0.4, 0.5) is 0 Å². The molecule has 1 N–H and O–H groups in total. The van der Waals surface area contributed by atoms with Crippen LogP contribution < -0.4 is 5.32 Å². The highest BCUT2D eigenvalue weighted by atomic mass is 35.5. The molecule has 1 unspecified atom stereocenters. The fourth-order valence-electron chi connectivity index (χ4n) is 3.33. The van der Waals surface area contributed by atoms with Crippen LogP contribution in [-0.4, -0.2) is 16.7 Å². The lowest BCUT2D eigenvalue weighted by atomic mass is 10.00. The van der Waals surface area contributed by atoms with Gasteiger partial charge in [-0.2, -0.15) is 4.98 Å². The van der Waals surface area contributed by atoms with Crippen LogP contribution in [-0.2, 0) is 0 Å². The van der Waals surface area contributed by atoms with E-state index in [9.17, 15) is 0 Å². The van der Waals surface area contributed by atoms with E-state index in [1.54, 1.807) is 0 Å². The molecule has 2 fully saturated rings. The molecule has 114 valence electrons. The zero-order valence-electron chi connectivity index (χ0n) is 12.1. The molecule has 4 nitrogen and oxygen atoms in total. The molecule has 2 aliphatic rings. The van der Waals surface area contributed by atoms with E-state index >= 15 is 0 Å². The first-order chi connectivity index (χ1) is 9.43. The first kappa shape index (κ1) is 15.8. The molecule has 1 saturated heterocycles. The number of halogens is 1. The molecule has 20 heavy (non-hydrogen) atoms. The zero-order chi connectivity index (χ0) is 12.9. The molecule has 1 saturated carbocycles. The van der Waals surface area contributed by atoms with Gasteiger partial charge in [0.2, 0.25) is 5.89 Å². The zero-order valence-corrected chi connectivity index (χ0v) is 13.0. The predicted molar refractivity (Wildman–Crippen MR) is 81.2 cm³/mol. The Morgan fingerprint density at radius 1 is 0.900 bits per heavy atom. The smallest absolute Gasteiger partial charge is 0.243 e. The summed E-state index contributed by atoms with van der Waals surface area (Å²) in [6, 6.07) is 0.287. The summed E-state index contributed by atoms with van der Waals surface area (Å²) in [4.78, 5) is 4.70. The van der Waals surface area contributed by atoms with Gasteiger partial charge in [-0.25, -0.2) is 0 Å². The van der Waals surface area contributed by atoms with Crippen molar-refractivity contribution in [1.82, 2.24) is 15.5 Å². The topological polar surface area (TPSA) is 51.0 Å². The second kappa shape index (κ2) is 7.99. The molecule has 1 aliphatic carbocycles. The minimum absolute atomic E-state index is 0. The van der Waals surface area contributed by atoms with Gasteiger partial charge in [0.15, 0.2) is 5.82 Å². The number of rotatable bonds is 2. The summed E-state index contributed by atoms with van der Waals surface area (Å²) in [5, 5.41) is 7.79. The standard InChI is InChI=1S/C15H25N3O.ClH/c1-2-5-9-12(8-4-1)14-17-15(19-18-14)13-10-6-3-7-11-16-13;/h12-13,16H,1-11H2;1H. The third-order valence-corrected chi connectivity index (χ3v) is 4.54. The van der Waals surface area contributed by atoms with E-state index in [4.69, 9.17) is 9.51 Å². The third-order valence-electron chi connectivity index (χ3n) is 4.54. The van der Waals surface area contributed by atoms with Crippen molar-refractivity contribution in [3.05, 3.63) is 11.7 Å². The molecule has 1 aromatic rings. The first-order valence-electron chi connectivity index (χ1n) is 8.00. The molecule has 0 bridgehead atoms. The van der Waals surface area contributed by atoms with E-state index in [-0.39, 0.29) is 18.4 Å². The molecule has 0 spiro atoms. The molecule has 0 radical (unpaired) electrons. The van der Waals surface area contributed by atoms with Gasteiger partial charge in [0.1, 0.15) is 0 Å². The van der Waals surface area contributed by atoms with E-state index in [0.29, 0.717) is 5.92 Å². The number of nitrogens with zero attached hydrogens (tertiary/aromatic N) is 2. The summed E-state index contributed by atoms with van der Waals surface area (Å²) in [5.41, 5.74) is 0. The van der Waals surface area contributed by atoms with Gasteiger partial charge >= 0.3 is 0 Å². The average molecular weight is 300 g/mol. The van der Waals surface area contributed by atoms with Gasteiger partial charge in [-0.15, -0.1) is 12.4 Å². The summed E-state index contributed by atoms with van der Waals surface area (Å²) in [7, 11) is 0. The SMILES string of the molecule is C1CCCC(c2noc(C3CCCCCN3)n2)CC1.Cl. The Morgan fingerprint density at radius 2 is 1.60 bits per heavy atom. The molecule has 0 aromatic carbocycles. The summed E-state index contributed by atoms with van der Waals surface area (Å²) < 4.78 is 5.53. The largest absolute Gasteiger partial charge is 0.338 e. The van der Waals surface area contributed by atoms with Crippen LogP contribution >= 0.6 is 12.4 Å². The second-order valence-corrected chi connectivity index (χ2v) is 6.04. The Hall–Kier alpha value is -0.610. The number of hydrogen-bond acceptors (Lipinski definition) is 4. The van der Waals surface area contributed by atoms with Crippen LogP contribution in [0.15, 0.2) is 4.52 Å². The number of hydrogen-bond donors (Lipinski definition) is 1. The van der Waals surface area contributed by atoms with E-state index < -0.39 is 0 Å². The van der Waals surface area contributed by atoms with Crippen LogP contribution in [0.25, 0.3) is 0 Å². The van der Waals surface area contributed by atoms with Crippen molar-refractivity contribution in [1.29, 1.82) is 0 Å². The quantitative estimate of drug-likeness (QED) is 0.834. The van der Waals surface area contributed by atoms with Gasteiger partial charge in [-0.3, -0.25) is 0 Å². The van der Waals surface area contributed by atoms with E-state index in [1.165, 1.54) is 57.8 Å². The van der Waals surface area contributed by atoms with Gasteiger partial charge in [-0.1, -0.05) is 43.7 Å². The Balaban J connectivity index is 0.00000147. The highest BCUT2D eigenvalue weighted by Crippen LogP contribution is 2.31. The van der Waals surface area contributed by atoms with E-state index in [1.807, 2.05) is 0 Å². The van der Waals surface area contributed by atoms with Crippen molar-refractivity contribution in [2.45, 2.75) is 76.2 Å². The minimum Gasteiger partial charge on any atom is -0.338 e. The molecule has 1 aliphatic heterocycles. The van der Waals surface area contributed by atoms with Gasteiger partial charge in [0.25, 0.3) is 0 Å². The van der Waals surface area contributed by atoms with Gasteiger partial charge in [0, 0.05) is 5.92 Å². The number of nitrogens with one attached hydrogen (secondary N) is 1. The van der Waals surface area contributed by atoms with E-state index in [0.717, 1.165) is 24.7 Å². The van der Waals surface area contributed by atoms with Crippen LogP contribution in [0, 0.1) is 0 Å². The third kappa shape index (κ3) is 3.95. The predicted octanol–water partition coefficient (Wildman–Crippen LogP) is 4.13. The molecule has 1 atom stereocenters. The summed E-state index contributed by atoms with van der Waals surface area (Å²) in [5.74, 6) is 2.31. The van der Waals surface area contributed by atoms with E-state index in [2.05, 4.69) is 10.5 Å². The van der Waals surface area contributed by atoms with Crippen LogP contribution in [0.3, 0.4) is 0 Å². The molecule has 1 aromatic heterocycles. The molecule has 3 rings (SSSR count). The van der Waals surface area contributed by atoms with Crippen molar-refractivity contribution < 1.29 is 4.52 Å². The molecule has 0 amide bonds. The molecule has 5 heteroatoms. The highest BCUT2D eigenvalue weighted by molar-refractivity contribution is 5.85. The fourth-order valence-corrected chi connectivity index (χ4v) is 3.33. The molecular formula is C15H26ClN3O. The maximum Gasteiger partial charge on any atom is 0.243 e. The van der Waals surface area contributed by atoms with Crippen molar-refractivity contribution in [3.8, 4) is 0 Å². The first-order valence-corrected chi connectivity index (χ1v) is 8.00.